The van der Waals surface area contributed by atoms with E-state index in [2.05, 4.69) is 20.5 Å². The van der Waals surface area contributed by atoms with Crippen LogP contribution < -0.4 is 5.32 Å². The molecule has 0 aromatic heterocycles. The fourth-order valence-electron chi connectivity index (χ4n) is 0.924. The Bertz CT molecular complexity index is 345. The topological polar surface area (TPSA) is 66.2 Å². The fraction of sp³-hybridized carbons (Fsp3) is 0.200. The molecule has 1 unspecified atom stereocenters. The number of azo groups is 1. The van der Waals surface area contributed by atoms with Crippen LogP contribution in [0.1, 0.15) is 0 Å². The van der Waals surface area contributed by atoms with E-state index >= 15 is 0 Å². The van der Waals surface area contributed by atoms with E-state index in [0.717, 1.165) is 0 Å². The molecule has 0 saturated carbocycles. The van der Waals surface area contributed by atoms with E-state index in [1.54, 1.807) is 0 Å². The van der Waals surface area contributed by atoms with Crippen LogP contribution in [0.3, 0.4) is 0 Å². The molecule has 0 aliphatic carbocycles. The van der Waals surface area contributed by atoms with E-state index in [4.69, 9.17) is 23.2 Å². The van der Waals surface area contributed by atoms with Crippen LogP contribution in [-0.4, -0.2) is 17.4 Å². The lowest BCUT2D eigenvalue weighted by atomic mass is 10.2. The summed E-state index contributed by atoms with van der Waals surface area (Å²) in [5.74, 6) is -0.467. The highest BCUT2D eigenvalue weighted by Crippen LogP contribution is 2.26. The van der Waals surface area contributed by atoms with Crippen LogP contribution in [0.15, 0.2) is 26.0 Å². The number of amidine groups is 1. The number of nitrogens with one attached hydrogen (secondary N) is 1. The first kappa shape index (κ1) is 7.70. The highest BCUT2D eigenvalue weighted by atomic mass is 35.5. The van der Waals surface area contributed by atoms with Crippen LogP contribution in [0.4, 0.5) is 0 Å². The van der Waals surface area contributed by atoms with Crippen molar-refractivity contribution < 1.29 is 4.79 Å². The third-order valence-corrected chi connectivity index (χ3v) is 1.92. The SMILES string of the molecule is O=C1N=NC2N=C(Cl)NC(Cl)=C12. The largest absolute Gasteiger partial charge is 0.321 e. The van der Waals surface area contributed by atoms with Gasteiger partial charge in [-0.3, -0.25) is 4.79 Å². The van der Waals surface area contributed by atoms with Gasteiger partial charge in [0.2, 0.25) is 0 Å². The number of hydrogen-bond acceptors (Lipinski definition) is 4. The molecule has 2 heterocycles. The van der Waals surface area contributed by atoms with Crippen LogP contribution in [0.5, 0.6) is 0 Å². The van der Waals surface area contributed by atoms with Gasteiger partial charge in [0.05, 0.1) is 0 Å². The standard InChI is InChI=1S/C5H2Cl2N4O/c6-2-1-3(9-5(7)8-2)10-11-4(1)12/h3H,(H,8,9). The van der Waals surface area contributed by atoms with Crippen molar-refractivity contribution in [2.75, 3.05) is 0 Å². The van der Waals surface area contributed by atoms with Gasteiger partial charge in [0, 0.05) is 0 Å². The van der Waals surface area contributed by atoms with Crippen molar-refractivity contribution in [2.45, 2.75) is 6.17 Å². The Labute approximate surface area is 77.2 Å². The van der Waals surface area contributed by atoms with Gasteiger partial charge in [-0.15, -0.1) is 5.11 Å². The van der Waals surface area contributed by atoms with Gasteiger partial charge in [-0.2, -0.15) is 5.11 Å². The van der Waals surface area contributed by atoms with Crippen molar-refractivity contribution >= 4 is 34.4 Å². The first-order valence-corrected chi connectivity index (χ1v) is 3.79. The minimum absolute atomic E-state index is 0.113. The fourth-order valence-corrected chi connectivity index (χ4v) is 1.43. The lowest BCUT2D eigenvalue weighted by Crippen LogP contribution is -2.27. The van der Waals surface area contributed by atoms with Crippen LogP contribution in [0.2, 0.25) is 0 Å². The summed E-state index contributed by atoms with van der Waals surface area (Å²) in [6, 6.07) is 0. The molecule has 12 heavy (non-hydrogen) atoms. The van der Waals surface area contributed by atoms with Crippen LogP contribution in [0, 0.1) is 0 Å². The molecule has 2 rings (SSSR count). The summed E-state index contributed by atoms with van der Waals surface area (Å²) in [4.78, 5) is 14.8. The zero-order valence-electron chi connectivity index (χ0n) is 5.58. The number of nitrogens with zero attached hydrogens (tertiary/aromatic N) is 3. The number of amides is 1. The maximum atomic E-state index is 11.0. The molecule has 0 fully saturated rings. The number of rotatable bonds is 0. The van der Waals surface area contributed by atoms with Crippen LogP contribution >= 0.6 is 23.2 Å². The van der Waals surface area contributed by atoms with Gasteiger partial charge in [0.25, 0.3) is 5.91 Å². The van der Waals surface area contributed by atoms with Crippen molar-refractivity contribution in [3.05, 3.63) is 10.7 Å². The Morgan fingerprint density at radius 3 is 2.92 bits per heavy atom. The summed E-state index contributed by atoms with van der Waals surface area (Å²) < 4.78 is 0. The molecular weight excluding hydrogens is 203 g/mol. The normalized spacial score (nSPS) is 27.0. The van der Waals surface area contributed by atoms with Crippen LogP contribution in [-0.2, 0) is 4.79 Å². The summed E-state index contributed by atoms with van der Waals surface area (Å²) in [7, 11) is 0. The zero-order valence-corrected chi connectivity index (χ0v) is 7.10. The van der Waals surface area contributed by atoms with E-state index in [9.17, 15) is 4.79 Å². The molecule has 0 bridgehead atoms. The maximum Gasteiger partial charge on any atom is 0.298 e. The molecule has 0 spiro atoms. The molecule has 1 amide bonds. The predicted molar refractivity (Wildman–Crippen MR) is 43.0 cm³/mol. The van der Waals surface area contributed by atoms with Gasteiger partial charge in [0.15, 0.2) is 11.5 Å². The van der Waals surface area contributed by atoms with Gasteiger partial charge in [0.1, 0.15) is 10.7 Å². The number of carbonyl (C=O) groups excluding carboxylic acids is 1. The van der Waals surface area contributed by atoms with Crippen molar-refractivity contribution in [1.29, 1.82) is 0 Å². The van der Waals surface area contributed by atoms with E-state index in [1.807, 2.05) is 0 Å². The highest BCUT2D eigenvalue weighted by Gasteiger charge is 2.32. The quantitative estimate of drug-likeness (QED) is 0.598. The Kier molecular flexibility index (Phi) is 1.62. The van der Waals surface area contributed by atoms with Gasteiger partial charge in [-0.25, -0.2) is 4.99 Å². The Morgan fingerprint density at radius 2 is 2.17 bits per heavy atom. The summed E-state index contributed by atoms with van der Waals surface area (Å²) in [5, 5.41) is 9.63. The molecule has 1 atom stereocenters. The number of hydrogen-bond donors (Lipinski definition) is 1. The van der Waals surface area contributed by atoms with Gasteiger partial charge >= 0.3 is 0 Å². The van der Waals surface area contributed by atoms with Crippen molar-refractivity contribution in [3.8, 4) is 0 Å². The Balaban J connectivity index is 2.45. The smallest absolute Gasteiger partial charge is 0.298 e. The average molecular weight is 205 g/mol. The minimum atomic E-state index is -0.654. The molecule has 0 aromatic rings. The monoisotopic (exact) mass is 204 g/mol. The Morgan fingerprint density at radius 1 is 1.42 bits per heavy atom. The summed E-state index contributed by atoms with van der Waals surface area (Å²) in [5.41, 5.74) is 0.251. The molecule has 0 aromatic carbocycles. The number of carbonyl (C=O) groups is 1. The van der Waals surface area contributed by atoms with Gasteiger partial charge < -0.3 is 5.32 Å². The van der Waals surface area contributed by atoms with Crippen molar-refractivity contribution in [1.82, 2.24) is 5.32 Å². The summed E-state index contributed by atoms with van der Waals surface area (Å²) in [6.07, 6.45) is -0.654. The van der Waals surface area contributed by atoms with E-state index < -0.39 is 12.1 Å². The molecule has 62 valence electrons. The number of aliphatic imine (C=N–C) groups is 1. The molecular formula is C5H2Cl2N4O. The van der Waals surface area contributed by atoms with E-state index in [1.165, 1.54) is 0 Å². The molecule has 2 aliphatic heterocycles. The number of fused-ring (bicyclic) bond motifs is 1. The second-order valence-corrected chi connectivity index (χ2v) is 2.90. The lowest BCUT2D eigenvalue weighted by Gasteiger charge is -2.12. The Hall–Kier alpha value is -0.940. The van der Waals surface area contributed by atoms with Crippen molar-refractivity contribution in [3.63, 3.8) is 0 Å². The first-order valence-electron chi connectivity index (χ1n) is 3.03. The molecule has 0 radical (unpaired) electrons. The highest BCUT2D eigenvalue weighted by molar-refractivity contribution is 6.65. The number of halogens is 2. The predicted octanol–water partition coefficient (Wildman–Crippen LogP) is 0.953. The van der Waals surface area contributed by atoms with Gasteiger partial charge in [-0.1, -0.05) is 11.6 Å². The second-order valence-electron chi connectivity index (χ2n) is 2.17. The summed E-state index contributed by atoms with van der Waals surface area (Å²) >= 11 is 11.2. The zero-order chi connectivity index (χ0) is 8.72. The maximum absolute atomic E-state index is 11.0. The molecule has 1 N–H and O–H groups in total. The molecule has 0 saturated heterocycles. The molecule has 5 nitrogen and oxygen atoms in total. The third-order valence-electron chi connectivity index (χ3n) is 1.43. The van der Waals surface area contributed by atoms with E-state index in [-0.39, 0.29) is 16.0 Å². The van der Waals surface area contributed by atoms with Gasteiger partial charge in [-0.05, 0) is 11.6 Å². The molecule has 7 heteroatoms. The van der Waals surface area contributed by atoms with E-state index in [0.29, 0.717) is 0 Å². The van der Waals surface area contributed by atoms with Crippen LogP contribution in [0.25, 0.3) is 0 Å². The second kappa shape index (κ2) is 2.53. The van der Waals surface area contributed by atoms with Crippen molar-refractivity contribution in [2.24, 2.45) is 15.2 Å². The third kappa shape index (κ3) is 1.02. The first-order chi connectivity index (χ1) is 5.68. The minimum Gasteiger partial charge on any atom is -0.321 e. The molecule has 2 aliphatic rings. The lowest BCUT2D eigenvalue weighted by molar-refractivity contribution is -0.114. The summed E-state index contributed by atoms with van der Waals surface area (Å²) in [6.45, 7) is 0. The average Bonchev–Trinajstić information content (AvgIpc) is 2.31.